The Morgan fingerprint density at radius 1 is 1.40 bits per heavy atom. The van der Waals surface area contributed by atoms with Crippen LogP contribution in [0.15, 0.2) is 24.3 Å². The lowest BCUT2D eigenvalue weighted by atomic mass is 9.98. The van der Waals surface area contributed by atoms with Crippen LogP contribution in [0.2, 0.25) is 0 Å². The zero-order valence-electron chi connectivity index (χ0n) is 5.96. The normalized spacial score (nSPS) is 44.5. The summed E-state index contributed by atoms with van der Waals surface area (Å²) in [5.74, 6) is 1.06. The lowest BCUT2D eigenvalue weighted by molar-refractivity contribution is 0.155. The number of aliphatic hydroxyl groups excluding tert-OH is 1. The molecule has 3 atom stereocenters. The van der Waals surface area contributed by atoms with E-state index < -0.39 is 0 Å². The van der Waals surface area contributed by atoms with Crippen LogP contribution in [-0.2, 0) is 0 Å². The number of fused-ring (bicyclic) bond motifs is 1. The summed E-state index contributed by atoms with van der Waals surface area (Å²) in [5, 5.41) is 9.39. The molecule has 1 N–H and O–H groups in total. The molecule has 10 heavy (non-hydrogen) atoms. The molecule has 1 saturated carbocycles. The van der Waals surface area contributed by atoms with Gasteiger partial charge in [-0.05, 0) is 24.7 Å². The molecule has 2 rings (SSSR count). The molecule has 0 spiro atoms. The van der Waals surface area contributed by atoms with E-state index in [-0.39, 0.29) is 6.10 Å². The number of hydrogen-bond donors (Lipinski definition) is 1. The van der Waals surface area contributed by atoms with E-state index in [1.54, 1.807) is 0 Å². The van der Waals surface area contributed by atoms with Crippen LogP contribution in [0.25, 0.3) is 0 Å². The van der Waals surface area contributed by atoms with Crippen molar-refractivity contribution in [2.24, 2.45) is 11.8 Å². The van der Waals surface area contributed by atoms with Crippen molar-refractivity contribution in [2.75, 3.05) is 0 Å². The highest BCUT2D eigenvalue weighted by molar-refractivity contribution is 5.19. The average Bonchev–Trinajstić information content (AvgIpc) is 2.35. The monoisotopic (exact) mass is 136 g/mol. The first-order valence-electron chi connectivity index (χ1n) is 3.80. The van der Waals surface area contributed by atoms with Gasteiger partial charge in [-0.3, -0.25) is 0 Å². The van der Waals surface area contributed by atoms with Crippen LogP contribution in [0.1, 0.15) is 12.8 Å². The van der Waals surface area contributed by atoms with Crippen molar-refractivity contribution in [3.63, 3.8) is 0 Å². The summed E-state index contributed by atoms with van der Waals surface area (Å²) >= 11 is 0. The number of allylic oxidation sites excluding steroid dienone is 2. The molecular formula is C9H12O. The van der Waals surface area contributed by atoms with E-state index in [0.717, 1.165) is 12.8 Å². The third kappa shape index (κ3) is 0.739. The van der Waals surface area contributed by atoms with Crippen LogP contribution in [0.5, 0.6) is 0 Å². The zero-order chi connectivity index (χ0) is 7.14. The second-order valence-electron chi connectivity index (χ2n) is 3.36. The average molecular weight is 136 g/mol. The molecule has 2 aliphatic rings. The van der Waals surface area contributed by atoms with Crippen LogP contribution >= 0.6 is 0 Å². The van der Waals surface area contributed by atoms with E-state index in [9.17, 15) is 5.11 Å². The van der Waals surface area contributed by atoms with Gasteiger partial charge in [0.2, 0.25) is 0 Å². The molecule has 54 valence electrons. The summed E-state index contributed by atoms with van der Waals surface area (Å²) in [5.41, 5.74) is 1.30. The second-order valence-corrected chi connectivity index (χ2v) is 3.36. The fraction of sp³-hybridized carbons (Fsp3) is 0.556. The van der Waals surface area contributed by atoms with E-state index in [1.807, 2.05) is 6.08 Å². The minimum atomic E-state index is -0.191. The van der Waals surface area contributed by atoms with E-state index in [0.29, 0.717) is 11.8 Å². The van der Waals surface area contributed by atoms with Gasteiger partial charge in [-0.25, -0.2) is 0 Å². The molecule has 0 amide bonds. The van der Waals surface area contributed by atoms with Gasteiger partial charge in [0.1, 0.15) is 0 Å². The molecule has 0 heterocycles. The summed E-state index contributed by atoms with van der Waals surface area (Å²) in [4.78, 5) is 0. The second kappa shape index (κ2) is 1.96. The first-order valence-corrected chi connectivity index (χ1v) is 3.80. The maximum atomic E-state index is 9.39. The Labute approximate surface area is 61.1 Å². The summed E-state index contributed by atoms with van der Waals surface area (Å²) in [6.07, 6.45) is 5.98. The molecule has 1 heteroatoms. The third-order valence-corrected chi connectivity index (χ3v) is 2.59. The van der Waals surface area contributed by atoms with Gasteiger partial charge in [0.05, 0.1) is 6.10 Å². The standard InChI is InChI=1S/C9H12O/c1-6-4-7-2-3-9(10)8(7)5-6/h2-3,7-10H,1,4-5H2. The first kappa shape index (κ1) is 6.17. The maximum Gasteiger partial charge on any atom is 0.0757 e. The molecule has 0 aromatic rings. The number of rotatable bonds is 0. The van der Waals surface area contributed by atoms with E-state index in [1.165, 1.54) is 5.57 Å². The molecule has 0 radical (unpaired) electrons. The Morgan fingerprint density at radius 3 is 2.90 bits per heavy atom. The van der Waals surface area contributed by atoms with Crippen LogP contribution < -0.4 is 0 Å². The van der Waals surface area contributed by atoms with Crippen molar-refractivity contribution >= 4 is 0 Å². The largest absolute Gasteiger partial charge is 0.389 e. The van der Waals surface area contributed by atoms with Gasteiger partial charge >= 0.3 is 0 Å². The quantitative estimate of drug-likeness (QED) is 0.500. The fourth-order valence-corrected chi connectivity index (χ4v) is 2.04. The van der Waals surface area contributed by atoms with Crippen molar-refractivity contribution in [1.82, 2.24) is 0 Å². The topological polar surface area (TPSA) is 20.2 Å². The van der Waals surface area contributed by atoms with E-state index in [2.05, 4.69) is 12.7 Å². The van der Waals surface area contributed by atoms with Gasteiger partial charge in [0, 0.05) is 0 Å². The predicted molar refractivity (Wildman–Crippen MR) is 40.5 cm³/mol. The summed E-state index contributed by atoms with van der Waals surface area (Å²) in [6, 6.07) is 0. The lowest BCUT2D eigenvalue weighted by Gasteiger charge is -2.11. The van der Waals surface area contributed by atoms with Gasteiger partial charge in [-0.2, -0.15) is 0 Å². The van der Waals surface area contributed by atoms with Crippen molar-refractivity contribution in [2.45, 2.75) is 18.9 Å². The molecule has 0 aliphatic heterocycles. The summed E-state index contributed by atoms with van der Waals surface area (Å²) in [7, 11) is 0. The predicted octanol–water partition coefficient (Wildman–Crippen LogP) is 1.50. The number of aliphatic hydroxyl groups is 1. The van der Waals surface area contributed by atoms with Gasteiger partial charge in [-0.15, -0.1) is 0 Å². The Kier molecular flexibility index (Phi) is 1.21. The molecule has 0 aromatic heterocycles. The Morgan fingerprint density at radius 2 is 2.20 bits per heavy atom. The summed E-state index contributed by atoms with van der Waals surface area (Å²) < 4.78 is 0. The van der Waals surface area contributed by atoms with Gasteiger partial charge < -0.3 is 5.11 Å². The van der Waals surface area contributed by atoms with Crippen LogP contribution in [0.3, 0.4) is 0 Å². The number of hydrogen-bond acceptors (Lipinski definition) is 1. The highest BCUT2D eigenvalue weighted by Gasteiger charge is 2.35. The van der Waals surface area contributed by atoms with Crippen molar-refractivity contribution in [1.29, 1.82) is 0 Å². The molecule has 2 aliphatic carbocycles. The highest BCUT2D eigenvalue weighted by atomic mass is 16.3. The molecule has 1 nitrogen and oxygen atoms in total. The highest BCUT2D eigenvalue weighted by Crippen LogP contribution is 2.41. The van der Waals surface area contributed by atoms with Crippen LogP contribution in [0.4, 0.5) is 0 Å². The zero-order valence-corrected chi connectivity index (χ0v) is 5.96. The third-order valence-electron chi connectivity index (χ3n) is 2.59. The van der Waals surface area contributed by atoms with Crippen molar-refractivity contribution < 1.29 is 5.11 Å². The Balaban J connectivity index is 2.19. The van der Waals surface area contributed by atoms with Crippen LogP contribution in [-0.4, -0.2) is 11.2 Å². The molecule has 0 aromatic carbocycles. The molecule has 0 saturated heterocycles. The Hall–Kier alpha value is -0.560. The van der Waals surface area contributed by atoms with E-state index >= 15 is 0 Å². The minimum Gasteiger partial charge on any atom is -0.389 e. The fourth-order valence-electron chi connectivity index (χ4n) is 2.04. The SMILES string of the molecule is C=C1CC2C=CC(O)C2C1. The maximum absolute atomic E-state index is 9.39. The van der Waals surface area contributed by atoms with Gasteiger partial charge in [0.25, 0.3) is 0 Å². The van der Waals surface area contributed by atoms with Crippen molar-refractivity contribution in [3.8, 4) is 0 Å². The minimum absolute atomic E-state index is 0.191. The Bertz CT molecular complexity index is 193. The van der Waals surface area contributed by atoms with Gasteiger partial charge in [-0.1, -0.05) is 24.3 Å². The molecule has 3 unspecified atom stereocenters. The lowest BCUT2D eigenvalue weighted by Crippen LogP contribution is -2.14. The van der Waals surface area contributed by atoms with E-state index in [4.69, 9.17) is 0 Å². The smallest absolute Gasteiger partial charge is 0.0757 e. The molecule has 0 bridgehead atoms. The van der Waals surface area contributed by atoms with Crippen LogP contribution in [0, 0.1) is 11.8 Å². The summed E-state index contributed by atoms with van der Waals surface area (Å²) in [6.45, 7) is 3.93. The van der Waals surface area contributed by atoms with Gasteiger partial charge in [0.15, 0.2) is 0 Å². The first-order chi connectivity index (χ1) is 4.77. The molecule has 1 fully saturated rings. The molecular weight excluding hydrogens is 124 g/mol. The van der Waals surface area contributed by atoms with Crippen molar-refractivity contribution in [3.05, 3.63) is 24.3 Å².